The molecule has 0 spiro atoms. The van der Waals surface area contributed by atoms with E-state index in [2.05, 4.69) is 17.2 Å². The second kappa shape index (κ2) is 5.45. The maximum Gasteiger partial charge on any atom is 0.325 e. The van der Waals surface area contributed by atoms with E-state index in [1.165, 1.54) is 5.56 Å². The van der Waals surface area contributed by atoms with E-state index in [-0.39, 0.29) is 17.9 Å². The van der Waals surface area contributed by atoms with Gasteiger partial charge in [-0.05, 0) is 24.8 Å². The molecule has 6 heteroatoms. The molecule has 1 aliphatic carbocycles. The molecular formula is C17H19N3O3. The molecule has 1 saturated heterocycles. The van der Waals surface area contributed by atoms with Crippen LogP contribution in [0.25, 0.3) is 0 Å². The summed E-state index contributed by atoms with van der Waals surface area (Å²) in [6, 6.07) is 10.2. The van der Waals surface area contributed by atoms with Crippen molar-refractivity contribution in [1.29, 1.82) is 0 Å². The van der Waals surface area contributed by atoms with Crippen molar-refractivity contribution in [2.45, 2.75) is 37.1 Å². The van der Waals surface area contributed by atoms with Crippen LogP contribution in [0.2, 0.25) is 0 Å². The van der Waals surface area contributed by atoms with Gasteiger partial charge >= 0.3 is 5.97 Å². The molecule has 1 aromatic carbocycles. The van der Waals surface area contributed by atoms with E-state index in [1.54, 1.807) is 4.68 Å². The number of rotatable bonds is 5. The Morgan fingerprint density at radius 2 is 2.13 bits per heavy atom. The average molecular weight is 313 g/mol. The summed E-state index contributed by atoms with van der Waals surface area (Å²) in [6.07, 6.45) is 2.86. The van der Waals surface area contributed by atoms with Gasteiger partial charge in [0.1, 0.15) is 12.4 Å². The Labute approximate surface area is 134 Å². The largest absolute Gasteiger partial charge is 0.480 e. The highest BCUT2D eigenvalue weighted by molar-refractivity contribution is 5.66. The van der Waals surface area contributed by atoms with Gasteiger partial charge < -0.3 is 9.84 Å². The molecule has 1 saturated carbocycles. The monoisotopic (exact) mass is 313 g/mol. The zero-order valence-electron chi connectivity index (χ0n) is 12.8. The number of aliphatic carboxylic acids is 1. The summed E-state index contributed by atoms with van der Waals surface area (Å²) >= 11 is 0. The maximum absolute atomic E-state index is 11.2. The van der Waals surface area contributed by atoms with Gasteiger partial charge in [0.15, 0.2) is 5.82 Å². The van der Waals surface area contributed by atoms with Crippen molar-refractivity contribution < 1.29 is 14.6 Å². The molecule has 0 unspecified atom stereocenters. The predicted molar refractivity (Wildman–Crippen MR) is 82.3 cm³/mol. The summed E-state index contributed by atoms with van der Waals surface area (Å²) in [5.41, 5.74) is 1.01. The smallest absolute Gasteiger partial charge is 0.325 e. The zero-order valence-corrected chi connectivity index (χ0v) is 12.8. The van der Waals surface area contributed by atoms with E-state index in [9.17, 15) is 9.90 Å². The van der Waals surface area contributed by atoms with Crippen LogP contribution in [0.15, 0.2) is 30.3 Å². The molecule has 0 bridgehead atoms. The molecular weight excluding hydrogens is 294 g/mol. The lowest BCUT2D eigenvalue weighted by atomic mass is 9.95. The molecule has 2 aromatic rings. The number of hydrogen-bond acceptors (Lipinski definition) is 4. The lowest BCUT2D eigenvalue weighted by molar-refractivity contribution is -0.137. The van der Waals surface area contributed by atoms with Crippen molar-refractivity contribution >= 4 is 5.97 Å². The fraction of sp³-hybridized carbons (Fsp3) is 0.471. The summed E-state index contributed by atoms with van der Waals surface area (Å²) in [4.78, 5) is 16.0. The number of carbonyl (C=O) groups is 1. The third kappa shape index (κ3) is 2.53. The minimum atomic E-state index is -0.894. The van der Waals surface area contributed by atoms with Crippen LogP contribution in [0.3, 0.4) is 0 Å². The lowest BCUT2D eigenvalue weighted by Gasteiger charge is -2.15. The molecule has 0 radical (unpaired) electrons. The first-order valence-corrected chi connectivity index (χ1v) is 7.99. The van der Waals surface area contributed by atoms with Crippen molar-refractivity contribution in [2.24, 2.45) is 0 Å². The van der Waals surface area contributed by atoms with E-state index in [4.69, 9.17) is 9.72 Å². The Kier molecular flexibility index (Phi) is 3.41. The number of hydrogen-bond donors (Lipinski definition) is 1. The third-order valence-corrected chi connectivity index (χ3v) is 4.77. The van der Waals surface area contributed by atoms with Crippen LogP contribution in [0.1, 0.15) is 42.4 Å². The van der Waals surface area contributed by atoms with Gasteiger partial charge in [-0.2, -0.15) is 5.10 Å². The number of carboxylic acids is 1. The Bertz CT molecular complexity index is 716. The van der Waals surface area contributed by atoms with E-state index < -0.39 is 5.97 Å². The highest BCUT2D eigenvalue weighted by atomic mass is 16.5. The minimum Gasteiger partial charge on any atom is -0.480 e. The number of ether oxygens (including phenoxy) is 1. The number of aromatic nitrogens is 3. The van der Waals surface area contributed by atoms with Gasteiger partial charge in [-0.1, -0.05) is 30.3 Å². The summed E-state index contributed by atoms with van der Waals surface area (Å²) in [6.45, 7) is 1.19. The Hall–Kier alpha value is -2.21. The van der Waals surface area contributed by atoms with Gasteiger partial charge in [0, 0.05) is 12.5 Å². The highest BCUT2D eigenvalue weighted by Gasteiger charge is 2.50. The van der Waals surface area contributed by atoms with E-state index in [1.807, 2.05) is 18.2 Å². The van der Waals surface area contributed by atoms with Crippen LogP contribution in [-0.2, 0) is 21.5 Å². The quantitative estimate of drug-likeness (QED) is 0.913. The first-order chi connectivity index (χ1) is 11.2. The second-order valence-corrected chi connectivity index (χ2v) is 6.35. The minimum absolute atomic E-state index is 0.148. The van der Waals surface area contributed by atoms with Crippen LogP contribution in [0.5, 0.6) is 0 Å². The SMILES string of the molecule is O=C(O)Cn1nc([C@H]2CCOC2)nc1C1(c2ccccc2)CC1. The van der Waals surface area contributed by atoms with Crippen molar-refractivity contribution in [3.63, 3.8) is 0 Å². The first kappa shape index (κ1) is 14.4. The molecule has 2 aliphatic rings. The fourth-order valence-corrected chi connectivity index (χ4v) is 3.39. The second-order valence-electron chi connectivity index (χ2n) is 6.35. The fourth-order valence-electron chi connectivity index (χ4n) is 3.39. The van der Waals surface area contributed by atoms with Crippen molar-refractivity contribution in [3.8, 4) is 0 Å². The topological polar surface area (TPSA) is 77.2 Å². The van der Waals surface area contributed by atoms with Crippen molar-refractivity contribution in [1.82, 2.24) is 14.8 Å². The van der Waals surface area contributed by atoms with Crippen LogP contribution in [0, 0.1) is 0 Å². The molecule has 23 heavy (non-hydrogen) atoms. The van der Waals surface area contributed by atoms with Gasteiger partial charge in [-0.3, -0.25) is 4.79 Å². The lowest BCUT2D eigenvalue weighted by Crippen LogP contribution is -2.20. The average Bonchev–Trinajstić information content (AvgIpc) is 2.97. The van der Waals surface area contributed by atoms with Crippen molar-refractivity contribution in [3.05, 3.63) is 47.5 Å². The Balaban J connectivity index is 1.75. The molecule has 120 valence electrons. The highest BCUT2D eigenvalue weighted by Crippen LogP contribution is 2.52. The van der Waals surface area contributed by atoms with Gasteiger partial charge in [0.25, 0.3) is 0 Å². The van der Waals surface area contributed by atoms with E-state index >= 15 is 0 Å². The Morgan fingerprint density at radius 3 is 2.74 bits per heavy atom. The Morgan fingerprint density at radius 1 is 1.35 bits per heavy atom. The molecule has 6 nitrogen and oxygen atoms in total. The molecule has 2 heterocycles. The molecule has 4 rings (SSSR count). The van der Waals surface area contributed by atoms with Crippen molar-refractivity contribution in [2.75, 3.05) is 13.2 Å². The van der Waals surface area contributed by atoms with Gasteiger partial charge in [-0.25, -0.2) is 9.67 Å². The van der Waals surface area contributed by atoms with E-state index in [0.717, 1.165) is 37.5 Å². The molecule has 1 aliphatic heterocycles. The van der Waals surface area contributed by atoms with Gasteiger partial charge in [0.05, 0.1) is 12.0 Å². The third-order valence-electron chi connectivity index (χ3n) is 4.77. The number of carboxylic acid groups (broad SMARTS) is 1. The molecule has 2 fully saturated rings. The van der Waals surface area contributed by atoms with Crippen LogP contribution in [0.4, 0.5) is 0 Å². The van der Waals surface area contributed by atoms with Crippen LogP contribution >= 0.6 is 0 Å². The number of nitrogens with zero attached hydrogens (tertiary/aromatic N) is 3. The van der Waals surface area contributed by atoms with Gasteiger partial charge in [-0.15, -0.1) is 0 Å². The first-order valence-electron chi connectivity index (χ1n) is 7.99. The van der Waals surface area contributed by atoms with Crippen LogP contribution in [-0.4, -0.2) is 39.1 Å². The predicted octanol–water partition coefficient (Wildman–Crippen LogP) is 1.95. The molecule has 1 aromatic heterocycles. The molecule has 0 amide bonds. The number of benzene rings is 1. The summed E-state index contributed by atoms with van der Waals surface area (Å²) in [5.74, 6) is 0.790. The maximum atomic E-state index is 11.2. The normalized spacial score (nSPS) is 22.2. The van der Waals surface area contributed by atoms with Crippen LogP contribution < -0.4 is 0 Å². The summed E-state index contributed by atoms with van der Waals surface area (Å²) < 4.78 is 7.00. The zero-order chi connectivity index (χ0) is 15.9. The van der Waals surface area contributed by atoms with Gasteiger partial charge in [0.2, 0.25) is 0 Å². The standard InChI is InChI=1S/C17H19N3O3/c21-14(22)10-20-16(18-15(19-20)12-6-9-23-11-12)17(7-8-17)13-4-2-1-3-5-13/h1-5,12H,6-11H2,(H,21,22)/t12-/m0/s1. The summed E-state index contributed by atoms with van der Waals surface area (Å²) in [5, 5.41) is 13.7. The van der Waals surface area contributed by atoms with E-state index in [0.29, 0.717) is 6.61 Å². The summed E-state index contributed by atoms with van der Waals surface area (Å²) in [7, 11) is 0. The molecule has 1 N–H and O–H groups in total. The molecule has 1 atom stereocenters.